The Labute approximate surface area is 209 Å². The Morgan fingerprint density at radius 3 is 1.40 bits per heavy atom. The molecular formula is C26H46N4O5. The molecule has 0 aliphatic rings. The SMILES string of the molecule is CCn1cc(O)n(CC(C)(C)CCCCOCCCCC(C)(C)Cn2c(O)cn(CC)c2=O)c1=O. The maximum atomic E-state index is 12.3. The van der Waals surface area contributed by atoms with Crippen molar-refractivity contribution in [1.29, 1.82) is 0 Å². The lowest BCUT2D eigenvalue weighted by Crippen LogP contribution is -2.30. The second-order valence-electron chi connectivity index (χ2n) is 11.1. The van der Waals surface area contributed by atoms with E-state index in [0.717, 1.165) is 38.5 Å². The molecule has 2 heterocycles. The van der Waals surface area contributed by atoms with Gasteiger partial charge in [0.2, 0.25) is 11.8 Å². The van der Waals surface area contributed by atoms with E-state index in [4.69, 9.17) is 4.74 Å². The molecule has 0 aliphatic heterocycles. The summed E-state index contributed by atoms with van der Waals surface area (Å²) in [5.41, 5.74) is -0.511. The van der Waals surface area contributed by atoms with Crippen LogP contribution in [0.2, 0.25) is 0 Å². The Morgan fingerprint density at radius 1 is 0.714 bits per heavy atom. The maximum Gasteiger partial charge on any atom is 0.331 e. The highest BCUT2D eigenvalue weighted by Crippen LogP contribution is 2.28. The van der Waals surface area contributed by atoms with Crippen molar-refractivity contribution in [3.05, 3.63) is 33.4 Å². The minimum absolute atomic E-state index is 0.0275. The Bertz CT molecular complexity index is 959. The van der Waals surface area contributed by atoms with Crippen molar-refractivity contribution < 1.29 is 14.9 Å². The van der Waals surface area contributed by atoms with Gasteiger partial charge in [-0.2, -0.15) is 0 Å². The van der Waals surface area contributed by atoms with E-state index in [1.165, 1.54) is 30.7 Å². The van der Waals surface area contributed by atoms with Crippen LogP contribution in [0.1, 0.15) is 80.1 Å². The topological polar surface area (TPSA) is 104 Å². The lowest BCUT2D eigenvalue weighted by atomic mass is 9.87. The molecule has 2 aromatic rings. The minimum atomic E-state index is -0.159. The van der Waals surface area contributed by atoms with Crippen LogP contribution < -0.4 is 11.4 Å². The second kappa shape index (κ2) is 12.5. The van der Waals surface area contributed by atoms with Gasteiger partial charge in [-0.25, -0.2) is 9.59 Å². The summed E-state index contributed by atoms with van der Waals surface area (Å²) in [6.45, 7) is 15.8. The predicted molar refractivity (Wildman–Crippen MR) is 138 cm³/mol. The number of imidazole rings is 2. The lowest BCUT2D eigenvalue weighted by Gasteiger charge is -2.25. The van der Waals surface area contributed by atoms with E-state index in [9.17, 15) is 19.8 Å². The Morgan fingerprint density at radius 2 is 1.09 bits per heavy atom. The van der Waals surface area contributed by atoms with E-state index in [1.807, 2.05) is 13.8 Å². The minimum Gasteiger partial charge on any atom is -0.493 e. The van der Waals surface area contributed by atoms with Gasteiger partial charge in [-0.1, -0.05) is 40.5 Å². The summed E-state index contributed by atoms with van der Waals surface area (Å²) < 4.78 is 11.8. The summed E-state index contributed by atoms with van der Waals surface area (Å²) in [5, 5.41) is 20.1. The van der Waals surface area contributed by atoms with Crippen molar-refractivity contribution >= 4 is 0 Å². The Hall–Kier alpha value is -2.42. The molecule has 200 valence electrons. The molecule has 0 saturated carbocycles. The van der Waals surface area contributed by atoms with Gasteiger partial charge < -0.3 is 14.9 Å². The van der Waals surface area contributed by atoms with Crippen molar-refractivity contribution in [2.75, 3.05) is 13.2 Å². The summed E-state index contributed by atoms with van der Waals surface area (Å²) in [6, 6.07) is 0. The van der Waals surface area contributed by atoms with E-state index in [1.54, 1.807) is 0 Å². The van der Waals surface area contributed by atoms with E-state index >= 15 is 0 Å². The third-order valence-electron chi connectivity index (χ3n) is 6.69. The van der Waals surface area contributed by atoms with Crippen LogP contribution in [0.5, 0.6) is 11.8 Å². The maximum absolute atomic E-state index is 12.3. The fourth-order valence-corrected chi connectivity index (χ4v) is 4.52. The van der Waals surface area contributed by atoms with Gasteiger partial charge in [0, 0.05) is 39.4 Å². The largest absolute Gasteiger partial charge is 0.493 e. The van der Waals surface area contributed by atoms with Gasteiger partial charge >= 0.3 is 11.4 Å². The average molecular weight is 495 g/mol. The standard InChI is InChI=1S/C26H46N4O5/c1-7-27-17-21(31)29(23(27)33)19-25(3,4)13-9-11-15-35-16-12-10-14-26(5,6)20-30-22(32)18-28(8-2)24(30)34/h17-18,31-32H,7-16,19-20H2,1-6H3. The van der Waals surface area contributed by atoms with Crippen LogP contribution in [0.4, 0.5) is 0 Å². The molecule has 2 aromatic heterocycles. The van der Waals surface area contributed by atoms with Crippen LogP contribution in [0, 0.1) is 10.8 Å². The predicted octanol–water partition coefficient (Wildman–Crippen LogP) is 4.17. The van der Waals surface area contributed by atoms with Crippen LogP contribution in [0.15, 0.2) is 22.0 Å². The van der Waals surface area contributed by atoms with Gasteiger partial charge in [0.1, 0.15) is 0 Å². The smallest absolute Gasteiger partial charge is 0.331 e. The molecule has 0 unspecified atom stereocenters. The molecule has 2 rings (SSSR count). The molecule has 0 amide bonds. The molecule has 9 nitrogen and oxygen atoms in total. The lowest BCUT2D eigenvalue weighted by molar-refractivity contribution is 0.118. The highest BCUT2D eigenvalue weighted by atomic mass is 16.5. The first kappa shape index (κ1) is 28.8. The van der Waals surface area contributed by atoms with Crippen molar-refractivity contribution in [2.24, 2.45) is 10.8 Å². The Kier molecular flexibility index (Phi) is 10.3. The van der Waals surface area contributed by atoms with Crippen LogP contribution in [-0.2, 0) is 30.9 Å². The van der Waals surface area contributed by atoms with Crippen molar-refractivity contribution in [2.45, 2.75) is 106 Å². The van der Waals surface area contributed by atoms with Gasteiger partial charge in [-0.05, 0) is 50.4 Å². The van der Waals surface area contributed by atoms with Crippen molar-refractivity contribution in [3.63, 3.8) is 0 Å². The number of aromatic hydroxyl groups is 2. The van der Waals surface area contributed by atoms with Gasteiger partial charge in [0.15, 0.2) is 0 Å². The van der Waals surface area contributed by atoms with E-state index in [-0.39, 0.29) is 34.0 Å². The van der Waals surface area contributed by atoms with Crippen LogP contribution in [0.25, 0.3) is 0 Å². The number of ether oxygens (including phenoxy) is 1. The van der Waals surface area contributed by atoms with Gasteiger partial charge in [-0.15, -0.1) is 0 Å². The van der Waals surface area contributed by atoms with E-state index in [2.05, 4.69) is 27.7 Å². The molecule has 0 bridgehead atoms. The zero-order chi connectivity index (χ0) is 26.2. The summed E-state index contributed by atoms with van der Waals surface area (Å²) >= 11 is 0. The average Bonchev–Trinajstić information content (AvgIpc) is 3.21. The van der Waals surface area contributed by atoms with E-state index in [0.29, 0.717) is 39.4 Å². The third kappa shape index (κ3) is 8.33. The molecule has 35 heavy (non-hydrogen) atoms. The first-order valence-corrected chi connectivity index (χ1v) is 13.0. The number of hydrogen-bond donors (Lipinski definition) is 2. The fourth-order valence-electron chi connectivity index (χ4n) is 4.52. The summed E-state index contributed by atoms with van der Waals surface area (Å²) in [5.74, 6) is 0.0549. The van der Waals surface area contributed by atoms with Crippen LogP contribution >= 0.6 is 0 Å². The Balaban J connectivity index is 1.62. The van der Waals surface area contributed by atoms with E-state index < -0.39 is 0 Å². The molecule has 0 spiro atoms. The molecule has 0 atom stereocenters. The quantitative estimate of drug-likeness (QED) is 0.341. The van der Waals surface area contributed by atoms with Gasteiger partial charge in [0.25, 0.3) is 0 Å². The van der Waals surface area contributed by atoms with Crippen molar-refractivity contribution in [3.8, 4) is 11.8 Å². The molecular weight excluding hydrogens is 448 g/mol. The number of nitrogens with zero attached hydrogens (tertiary/aromatic N) is 4. The summed E-state index contributed by atoms with van der Waals surface area (Å²) in [4.78, 5) is 24.6. The summed E-state index contributed by atoms with van der Waals surface area (Å²) in [6.07, 6.45) is 8.81. The number of unbranched alkanes of at least 4 members (excludes halogenated alkanes) is 2. The van der Waals surface area contributed by atoms with Crippen LogP contribution in [0.3, 0.4) is 0 Å². The highest BCUT2D eigenvalue weighted by Gasteiger charge is 2.23. The van der Waals surface area contributed by atoms with Gasteiger partial charge in [-0.3, -0.25) is 18.3 Å². The first-order chi connectivity index (χ1) is 16.4. The van der Waals surface area contributed by atoms with Crippen molar-refractivity contribution in [1.82, 2.24) is 18.3 Å². The molecule has 0 aliphatic carbocycles. The first-order valence-electron chi connectivity index (χ1n) is 13.0. The fraction of sp³-hybridized carbons (Fsp3) is 0.769. The third-order valence-corrected chi connectivity index (χ3v) is 6.69. The van der Waals surface area contributed by atoms with Gasteiger partial charge in [0.05, 0.1) is 12.4 Å². The molecule has 0 aromatic carbocycles. The molecule has 9 heteroatoms. The molecule has 0 fully saturated rings. The second-order valence-corrected chi connectivity index (χ2v) is 11.1. The molecule has 0 saturated heterocycles. The van der Waals surface area contributed by atoms with Crippen LogP contribution in [-0.4, -0.2) is 41.7 Å². The number of aromatic nitrogens is 4. The molecule has 0 radical (unpaired) electrons. The highest BCUT2D eigenvalue weighted by molar-refractivity contribution is 5.06. The summed E-state index contributed by atoms with van der Waals surface area (Å²) in [7, 11) is 0. The number of hydrogen-bond acceptors (Lipinski definition) is 5. The number of rotatable bonds is 16. The monoisotopic (exact) mass is 494 g/mol. The number of aryl methyl sites for hydroxylation is 2. The zero-order valence-corrected chi connectivity index (χ0v) is 22.5. The zero-order valence-electron chi connectivity index (χ0n) is 22.5. The normalized spacial score (nSPS) is 12.5. The molecule has 2 N–H and O–H groups in total.